The lowest BCUT2D eigenvalue weighted by molar-refractivity contribution is 0.532. The second-order valence-electron chi connectivity index (χ2n) is 6.01. The molecule has 0 aromatic rings. The molecule has 0 heterocycles. The van der Waals surface area contributed by atoms with Gasteiger partial charge in [0.2, 0.25) is 0 Å². The Morgan fingerprint density at radius 1 is 0.421 bits per heavy atom. The van der Waals surface area contributed by atoms with E-state index in [1.54, 1.807) is 0 Å². The van der Waals surface area contributed by atoms with Gasteiger partial charge in [-0.1, -0.05) is 116 Å². The van der Waals surface area contributed by atoms with E-state index in [1.807, 2.05) is 0 Å². The van der Waals surface area contributed by atoms with Crippen molar-refractivity contribution in [2.24, 2.45) is 0 Å². The molecule has 0 aromatic heterocycles. The van der Waals surface area contributed by atoms with Gasteiger partial charge >= 0.3 is 0 Å². The van der Waals surface area contributed by atoms with Crippen LogP contribution in [0.4, 0.5) is 0 Å². The molecular formula is C18H37S. The average molecular weight is 286 g/mol. The van der Waals surface area contributed by atoms with E-state index in [0.717, 1.165) is 5.75 Å². The van der Waals surface area contributed by atoms with Gasteiger partial charge in [-0.05, 0) is 6.42 Å². The molecule has 0 aromatic carbocycles. The van der Waals surface area contributed by atoms with Crippen LogP contribution in [0.15, 0.2) is 0 Å². The molecular weight excluding hydrogens is 248 g/mol. The van der Waals surface area contributed by atoms with E-state index in [0.29, 0.717) is 0 Å². The maximum Gasteiger partial charge on any atom is 0.00369 e. The van der Waals surface area contributed by atoms with Crippen LogP contribution in [0.25, 0.3) is 0 Å². The summed E-state index contributed by atoms with van der Waals surface area (Å²) in [5.74, 6) is 0.957. The Morgan fingerprint density at radius 2 is 0.684 bits per heavy atom. The number of hydrogen-bond donors (Lipinski definition) is 0. The highest BCUT2D eigenvalue weighted by Gasteiger charge is 1.94. The normalized spacial score (nSPS) is 11.1. The van der Waals surface area contributed by atoms with Gasteiger partial charge in [0, 0.05) is 5.75 Å². The Balaban J connectivity index is 2.88. The first kappa shape index (κ1) is 19.4. The third-order valence-corrected chi connectivity index (χ3v) is 4.29. The lowest BCUT2D eigenvalue weighted by atomic mass is 10.0. The molecule has 0 spiro atoms. The molecule has 0 nitrogen and oxygen atoms in total. The van der Waals surface area contributed by atoms with Crippen LogP contribution >= 0.6 is 12.6 Å². The van der Waals surface area contributed by atoms with Gasteiger partial charge in [-0.25, -0.2) is 0 Å². The molecule has 0 rings (SSSR count). The van der Waals surface area contributed by atoms with Crippen LogP contribution in [-0.2, 0) is 0 Å². The van der Waals surface area contributed by atoms with Crippen LogP contribution < -0.4 is 0 Å². The Bertz CT molecular complexity index is 129. The van der Waals surface area contributed by atoms with E-state index >= 15 is 0 Å². The number of hydrogen-bond acceptors (Lipinski definition) is 0. The van der Waals surface area contributed by atoms with Crippen molar-refractivity contribution in [1.82, 2.24) is 0 Å². The molecule has 0 aliphatic rings. The van der Waals surface area contributed by atoms with Crippen LogP contribution in [0.1, 0.15) is 110 Å². The first-order chi connectivity index (χ1) is 9.41. The van der Waals surface area contributed by atoms with E-state index in [2.05, 4.69) is 6.92 Å². The predicted octanol–water partition coefficient (Wildman–Crippen LogP) is 7.45. The molecule has 0 N–H and O–H groups in total. The maximum absolute atomic E-state index is 4.95. The van der Waals surface area contributed by atoms with Gasteiger partial charge in [-0.15, -0.1) is 0 Å². The molecule has 0 saturated heterocycles. The molecule has 0 aliphatic carbocycles. The highest BCUT2D eigenvalue weighted by atomic mass is 32.1. The van der Waals surface area contributed by atoms with Crippen molar-refractivity contribution in [3.05, 3.63) is 0 Å². The third-order valence-electron chi connectivity index (χ3n) is 4.00. The molecule has 0 bridgehead atoms. The molecule has 0 atom stereocenters. The maximum atomic E-state index is 4.95. The topological polar surface area (TPSA) is 0 Å². The van der Waals surface area contributed by atoms with Crippen molar-refractivity contribution in [3.63, 3.8) is 0 Å². The molecule has 0 saturated carbocycles. The monoisotopic (exact) mass is 285 g/mol. The van der Waals surface area contributed by atoms with Crippen LogP contribution in [0.2, 0.25) is 0 Å². The lowest BCUT2D eigenvalue weighted by Crippen LogP contribution is -1.83. The number of rotatable bonds is 16. The van der Waals surface area contributed by atoms with Crippen molar-refractivity contribution in [2.45, 2.75) is 110 Å². The van der Waals surface area contributed by atoms with Gasteiger partial charge in [0.15, 0.2) is 0 Å². The minimum absolute atomic E-state index is 0.957. The van der Waals surface area contributed by atoms with E-state index < -0.39 is 0 Å². The first-order valence-electron chi connectivity index (χ1n) is 9.00. The summed E-state index contributed by atoms with van der Waals surface area (Å²) in [6, 6.07) is 0. The summed E-state index contributed by atoms with van der Waals surface area (Å²) in [7, 11) is 0. The summed E-state index contributed by atoms with van der Waals surface area (Å²) in [6.07, 6.45) is 23.0. The molecule has 19 heavy (non-hydrogen) atoms. The zero-order valence-corrected chi connectivity index (χ0v) is 14.2. The summed E-state index contributed by atoms with van der Waals surface area (Å²) in [5, 5.41) is 0. The Morgan fingerprint density at radius 3 is 0.947 bits per heavy atom. The lowest BCUT2D eigenvalue weighted by Gasteiger charge is -2.03. The highest BCUT2D eigenvalue weighted by molar-refractivity contribution is 7.80. The summed E-state index contributed by atoms with van der Waals surface area (Å²) < 4.78 is 0. The van der Waals surface area contributed by atoms with Gasteiger partial charge in [0.25, 0.3) is 0 Å². The molecule has 0 unspecified atom stereocenters. The van der Waals surface area contributed by atoms with E-state index in [1.165, 1.54) is 103 Å². The van der Waals surface area contributed by atoms with Crippen molar-refractivity contribution in [3.8, 4) is 0 Å². The SMILES string of the molecule is CCCCCCCCCCCCCCCCCC[S]. The summed E-state index contributed by atoms with van der Waals surface area (Å²) >= 11 is 4.95. The minimum Gasteiger partial charge on any atom is -0.0942 e. The fraction of sp³-hybridized carbons (Fsp3) is 1.00. The van der Waals surface area contributed by atoms with Crippen LogP contribution in [0.5, 0.6) is 0 Å². The third kappa shape index (κ3) is 18.4. The van der Waals surface area contributed by atoms with Gasteiger partial charge < -0.3 is 0 Å². The molecule has 0 aliphatic heterocycles. The van der Waals surface area contributed by atoms with E-state index in [9.17, 15) is 0 Å². The van der Waals surface area contributed by atoms with Crippen molar-refractivity contribution in [2.75, 3.05) is 5.75 Å². The second kappa shape index (κ2) is 18.4. The van der Waals surface area contributed by atoms with Gasteiger partial charge in [0.05, 0.1) is 0 Å². The zero-order chi connectivity index (χ0) is 14.0. The van der Waals surface area contributed by atoms with Crippen LogP contribution in [-0.4, -0.2) is 5.75 Å². The van der Waals surface area contributed by atoms with E-state index in [4.69, 9.17) is 12.6 Å². The fourth-order valence-electron chi connectivity index (χ4n) is 2.65. The van der Waals surface area contributed by atoms with Crippen LogP contribution in [0.3, 0.4) is 0 Å². The Kier molecular flexibility index (Phi) is 18.7. The first-order valence-corrected chi connectivity index (χ1v) is 9.57. The second-order valence-corrected chi connectivity index (χ2v) is 6.42. The van der Waals surface area contributed by atoms with Crippen molar-refractivity contribution in [1.29, 1.82) is 0 Å². The summed E-state index contributed by atoms with van der Waals surface area (Å²) in [5.41, 5.74) is 0. The largest absolute Gasteiger partial charge is 0.0942 e. The van der Waals surface area contributed by atoms with Gasteiger partial charge in [0.1, 0.15) is 0 Å². The molecule has 1 radical (unpaired) electrons. The average Bonchev–Trinajstić information content (AvgIpc) is 2.43. The van der Waals surface area contributed by atoms with Gasteiger partial charge in [-0.3, -0.25) is 0 Å². The van der Waals surface area contributed by atoms with Crippen molar-refractivity contribution >= 4 is 12.6 Å². The summed E-state index contributed by atoms with van der Waals surface area (Å²) in [4.78, 5) is 0. The van der Waals surface area contributed by atoms with Crippen molar-refractivity contribution < 1.29 is 0 Å². The Hall–Kier alpha value is 0.350. The zero-order valence-electron chi connectivity index (χ0n) is 13.4. The quantitative estimate of drug-likeness (QED) is 0.258. The fourth-order valence-corrected chi connectivity index (χ4v) is 2.85. The molecule has 0 fully saturated rings. The number of unbranched alkanes of at least 4 members (excludes halogenated alkanes) is 15. The van der Waals surface area contributed by atoms with E-state index in [-0.39, 0.29) is 0 Å². The predicted molar refractivity (Wildman–Crippen MR) is 92.0 cm³/mol. The standard InChI is InChI=1S/C18H37S/c1-2-3-4-5-6-7-8-9-10-11-12-13-14-15-16-17-18-19/h2-18H2,1H3. The highest BCUT2D eigenvalue weighted by Crippen LogP contribution is 2.13. The summed E-state index contributed by atoms with van der Waals surface area (Å²) in [6.45, 7) is 2.29. The van der Waals surface area contributed by atoms with Crippen LogP contribution in [0, 0.1) is 0 Å². The minimum atomic E-state index is 0.957. The molecule has 115 valence electrons. The smallest absolute Gasteiger partial charge is 0.00369 e. The Labute approximate surface area is 128 Å². The molecule has 1 heteroatoms. The van der Waals surface area contributed by atoms with Gasteiger partial charge in [-0.2, -0.15) is 0 Å². The molecule has 0 amide bonds.